The first-order chi connectivity index (χ1) is 19.0. The van der Waals surface area contributed by atoms with E-state index in [-0.39, 0.29) is 11.4 Å². The summed E-state index contributed by atoms with van der Waals surface area (Å²) in [5, 5.41) is 3.86. The molecule has 0 radical (unpaired) electrons. The molecule has 3 aromatic rings. The Labute approximate surface area is 227 Å². The Morgan fingerprint density at radius 2 is 1.74 bits per heavy atom. The minimum Gasteiger partial charge on any atom is -0.379 e. The molecule has 3 aliphatic rings. The average molecular weight is 530 g/mol. The molecule has 2 aliphatic heterocycles. The number of aromatic nitrogens is 2. The lowest BCUT2D eigenvalue weighted by molar-refractivity contribution is -0.136. The van der Waals surface area contributed by atoms with Gasteiger partial charge >= 0.3 is 5.76 Å². The Morgan fingerprint density at radius 3 is 2.41 bits per heavy atom. The maximum atomic E-state index is 14.3. The van der Waals surface area contributed by atoms with Gasteiger partial charge in [-0.15, -0.1) is 0 Å². The van der Waals surface area contributed by atoms with Crippen LogP contribution in [0.15, 0.2) is 62.8 Å². The third-order valence-corrected chi connectivity index (χ3v) is 8.55. The molecule has 39 heavy (non-hydrogen) atoms. The molecule has 9 nitrogen and oxygen atoms in total. The van der Waals surface area contributed by atoms with Crippen LogP contribution in [0.25, 0.3) is 22.5 Å². The topological polar surface area (TPSA) is 104 Å². The highest BCUT2D eigenvalue weighted by molar-refractivity contribution is 6.06. The van der Waals surface area contributed by atoms with Crippen molar-refractivity contribution in [3.63, 3.8) is 0 Å². The molecule has 1 saturated heterocycles. The van der Waals surface area contributed by atoms with E-state index in [0.29, 0.717) is 12.4 Å². The van der Waals surface area contributed by atoms with E-state index in [4.69, 9.17) is 14.3 Å². The number of morpholine rings is 1. The van der Waals surface area contributed by atoms with Crippen molar-refractivity contribution in [1.82, 2.24) is 19.9 Å². The number of nitrogens with one attached hydrogen (secondary N) is 1. The first-order valence-electron chi connectivity index (χ1n) is 13.9. The van der Waals surface area contributed by atoms with Crippen molar-refractivity contribution in [3.8, 4) is 22.5 Å². The lowest BCUT2D eigenvalue weighted by Gasteiger charge is -2.39. The van der Waals surface area contributed by atoms with Gasteiger partial charge in [-0.3, -0.25) is 29.1 Å². The van der Waals surface area contributed by atoms with Crippen LogP contribution in [-0.2, 0) is 16.1 Å². The van der Waals surface area contributed by atoms with E-state index >= 15 is 0 Å². The van der Waals surface area contributed by atoms with Gasteiger partial charge < -0.3 is 4.74 Å². The summed E-state index contributed by atoms with van der Waals surface area (Å²) in [6.45, 7) is 8.74. The second-order valence-corrected chi connectivity index (χ2v) is 10.9. The average Bonchev–Trinajstić information content (AvgIpc) is 3.41. The predicted molar refractivity (Wildman–Crippen MR) is 148 cm³/mol. The summed E-state index contributed by atoms with van der Waals surface area (Å²) in [7, 11) is 0. The third kappa shape index (κ3) is 4.53. The van der Waals surface area contributed by atoms with Gasteiger partial charge in [-0.1, -0.05) is 67.5 Å². The zero-order chi connectivity index (χ0) is 27.0. The van der Waals surface area contributed by atoms with Gasteiger partial charge in [-0.25, -0.2) is 4.79 Å². The molecule has 6 rings (SSSR count). The highest BCUT2D eigenvalue weighted by Crippen LogP contribution is 2.64. The number of rotatable bonds is 9. The standard InChI is InChI=1S/C30H35N5O4/c1-3-7-25-32-30(4-2)19-29(30,20-34-14-16-38-17-15-34)27(36)35(25)18-21-10-12-22(13-11-21)23-8-5-6-9-24(23)26-31-28(37)39-33-26/h5-6,8-13H,3-4,7,14-20H2,1-2H3,(H,31,33,37). The number of fused-ring (bicyclic) bond motifs is 1. The van der Waals surface area contributed by atoms with Gasteiger partial charge in [0, 0.05) is 31.6 Å². The molecule has 2 fully saturated rings. The molecule has 2 aromatic carbocycles. The molecule has 2 atom stereocenters. The minimum absolute atomic E-state index is 0.221. The van der Waals surface area contributed by atoms with Crippen molar-refractivity contribution in [2.24, 2.45) is 10.4 Å². The second-order valence-electron chi connectivity index (χ2n) is 10.9. The SMILES string of the molecule is CCCC1=NC2(CC)CC2(CN2CCOCC2)C(=O)N1Cc1ccc(-c2ccccc2-c2noc(=O)[nH]2)cc1. The van der Waals surface area contributed by atoms with Gasteiger partial charge in [0.25, 0.3) is 0 Å². The van der Waals surface area contributed by atoms with Crippen LogP contribution >= 0.6 is 0 Å². The second kappa shape index (κ2) is 10.2. The van der Waals surface area contributed by atoms with Crippen LogP contribution in [0.2, 0.25) is 0 Å². The first-order valence-corrected chi connectivity index (χ1v) is 13.9. The third-order valence-electron chi connectivity index (χ3n) is 8.55. The molecule has 3 heterocycles. The Bertz CT molecular complexity index is 1440. The molecular formula is C30H35N5O4. The largest absolute Gasteiger partial charge is 0.439 e. The van der Waals surface area contributed by atoms with Crippen LogP contribution < -0.4 is 5.76 Å². The van der Waals surface area contributed by atoms with Crippen molar-refractivity contribution >= 4 is 11.7 Å². The van der Waals surface area contributed by atoms with Crippen LogP contribution in [0.4, 0.5) is 0 Å². The maximum Gasteiger partial charge on any atom is 0.439 e. The van der Waals surface area contributed by atoms with Gasteiger partial charge in [0.1, 0.15) is 5.84 Å². The summed E-state index contributed by atoms with van der Waals surface area (Å²) in [5.74, 6) is 0.955. The van der Waals surface area contributed by atoms with Crippen LogP contribution in [0.1, 0.15) is 45.1 Å². The van der Waals surface area contributed by atoms with E-state index in [0.717, 1.165) is 86.6 Å². The molecule has 1 aliphatic carbocycles. The number of aliphatic imine (C=N–C) groups is 1. The molecule has 204 valence electrons. The molecular weight excluding hydrogens is 494 g/mol. The van der Waals surface area contributed by atoms with Crippen molar-refractivity contribution in [2.45, 2.75) is 51.6 Å². The number of hydrogen-bond acceptors (Lipinski definition) is 7. The minimum atomic E-state index is -0.583. The van der Waals surface area contributed by atoms with Crippen LogP contribution in [0, 0.1) is 5.41 Å². The number of H-pyrrole nitrogens is 1. The number of hydrogen-bond donors (Lipinski definition) is 1. The van der Waals surface area contributed by atoms with Gasteiger partial charge in [0.2, 0.25) is 5.91 Å². The summed E-state index contributed by atoms with van der Waals surface area (Å²) in [6.07, 6.45) is 3.45. The number of amidine groups is 1. The number of benzene rings is 2. The van der Waals surface area contributed by atoms with Crippen molar-refractivity contribution in [1.29, 1.82) is 0 Å². The Balaban J connectivity index is 1.27. The summed E-state index contributed by atoms with van der Waals surface area (Å²) in [6, 6.07) is 16.0. The fourth-order valence-electron chi connectivity index (χ4n) is 6.35. The lowest BCUT2D eigenvalue weighted by atomic mass is 9.92. The van der Waals surface area contributed by atoms with Crippen LogP contribution in [-0.4, -0.2) is 70.1 Å². The van der Waals surface area contributed by atoms with Gasteiger partial charge in [-0.05, 0) is 36.0 Å². The predicted octanol–water partition coefficient (Wildman–Crippen LogP) is 4.11. The smallest absolute Gasteiger partial charge is 0.379 e. The van der Waals surface area contributed by atoms with Gasteiger partial charge in [0.15, 0.2) is 5.82 Å². The van der Waals surface area contributed by atoms with E-state index in [1.165, 1.54) is 0 Å². The molecule has 1 N–H and O–H groups in total. The Kier molecular flexibility index (Phi) is 6.72. The zero-order valence-corrected chi connectivity index (χ0v) is 22.6. The number of amides is 1. The highest BCUT2D eigenvalue weighted by Gasteiger charge is 2.74. The molecule has 1 amide bonds. The number of carbonyl (C=O) groups excluding carboxylic acids is 1. The first kappa shape index (κ1) is 25.7. The number of ether oxygens (including phenoxy) is 1. The van der Waals surface area contributed by atoms with Gasteiger partial charge in [0.05, 0.1) is 30.7 Å². The lowest BCUT2D eigenvalue weighted by Crippen LogP contribution is -2.53. The van der Waals surface area contributed by atoms with Crippen molar-refractivity contribution in [3.05, 3.63) is 64.6 Å². The zero-order valence-electron chi connectivity index (χ0n) is 22.6. The summed E-state index contributed by atoms with van der Waals surface area (Å²) in [4.78, 5) is 38.0. The highest BCUT2D eigenvalue weighted by atomic mass is 16.5. The molecule has 1 aromatic heterocycles. The summed E-state index contributed by atoms with van der Waals surface area (Å²) in [5.41, 5.74) is 3.05. The Morgan fingerprint density at radius 1 is 1.00 bits per heavy atom. The van der Waals surface area contributed by atoms with Crippen molar-refractivity contribution in [2.75, 3.05) is 32.8 Å². The monoisotopic (exact) mass is 529 g/mol. The van der Waals surface area contributed by atoms with Gasteiger partial charge in [-0.2, -0.15) is 0 Å². The normalized spacial score (nSPS) is 24.9. The van der Waals surface area contributed by atoms with E-state index in [1.807, 2.05) is 41.3 Å². The van der Waals surface area contributed by atoms with Crippen molar-refractivity contribution < 1.29 is 14.1 Å². The molecule has 2 unspecified atom stereocenters. The van der Waals surface area contributed by atoms with Crippen LogP contribution in [0.3, 0.4) is 0 Å². The number of carbonyl (C=O) groups is 1. The molecule has 9 heteroatoms. The van der Waals surface area contributed by atoms with Crippen LogP contribution in [0.5, 0.6) is 0 Å². The summed E-state index contributed by atoms with van der Waals surface area (Å²) < 4.78 is 10.3. The number of aromatic amines is 1. The maximum absolute atomic E-state index is 14.3. The molecule has 0 spiro atoms. The molecule has 0 bridgehead atoms. The quantitative estimate of drug-likeness (QED) is 0.448. The Hall–Kier alpha value is -3.56. The fourth-order valence-corrected chi connectivity index (χ4v) is 6.35. The summed E-state index contributed by atoms with van der Waals surface area (Å²) >= 11 is 0. The van der Waals surface area contributed by atoms with E-state index in [1.54, 1.807) is 0 Å². The van der Waals surface area contributed by atoms with E-state index < -0.39 is 11.2 Å². The van der Waals surface area contributed by atoms with E-state index in [2.05, 4.69) is 41.0 Å². The fraction of sp³-hybridized carbons (Fsp3) is 0.467. The number of nitrogens with zero attached hydrogens (tertiary/aromatic N) is 4. The molecule has 1 saturated carbocycles. The van der Waals surface area contributed by atoms with E-state index in [9.17, 15) is 9.59 Å².